The molecule has 1 rings (SSSR count). The summed E-state index contributed by atoms with van der Waals surface area (Å²) in [6.45, 7) is 6.37. The predicted octanol–water partition coefficient (Wildman–Crippen LogP) is 2.46. The second-order valence-corrected chi connectivity index (χ2v) is 4.92. The summed E-state index contributed by atoms with van der Waals surface area (Å²) in [7, 11) is 0. The SMILES string of the molecule is CCOC(=O)C(=O)[C@H](C#N)c1ccc(OCC(C)C)cc1. The van der Waals surface area contributed by atoms with E-state index in [1.54, 1.807) is 31.2 Å². The zero-order valence-electron chi connectivity index (χ0n) is 12.5. The molecule has 5 heteroatoms. The Morgan fingerprint density at radius 3 is 2.33 bits per heavy atom. The highest BCUT2D eigenvalue weighted by Crippen LogP contribution is 2.21. The Balaban J connectivity index is 2.81. The molecule has 0 heterocycles. The maximum atomic E-state index is 11.8. The van der Waals surface area contributed by atoms with Gasteiger partial charge in [0, 0.05) is 0 Å². The molecule has 0 saturated carbocycles. The summed E-state index contributed by atoms with van der Waals surface area (Å²) >= 11 is 0. The standard InChI is InChI=1S/C16H19NO4/c1-4-20-16(19)15(18)14(9-17)12-5-7-13(8-6-12)21-10-11(2)3/h5-8,11,14H,4,10H2,1-3H3/t14-/m1/s1. The van der Waals surface area contributed by atoms with Crippen LogP contribution in [-0.4, -0.2) is 25.0 Å². The molecule has 1 aromatic rings. The molecular formula is C16H19NO4. The molecule has 0 aromatic heterocycles. The molecule has 0 aliphatic carbocycles. The summed E-state index contributed by atoms with van der Waals surface area (Å²) in [5.41, 5.74) is 0.451. The largest absolute Gasteiger partial charge is 0.493 e. The number of nitrogens with zero attached hydrogens (tertiary/aromatic N) is 1. The fourth-order valence-electron chi connectivity index (χ4n) is 1.62. The van der Waals surface area contributed by atoms with E-state index in [4.69, 9.17) is 10.00 Å². The van der Waals surface area contributed by atoms with Gasteiger partial charge in [-0.2, -0.15) is 5.26 Å². The Morgan fingerprint density at radius 1 is 1.24 bits per heavy atom. The van der Waals surface area contributed by atoms with Crippen molar-refractivity contribution in [3.8, 4) is 11.8 Å². The molecule has 0 aliphatic rings. The van der Waals surface area contributed by atoms with Crippen LogP contribution in [0.4, 0.5) is 0 Å². The first-order valence-corrected chi connectivity index (χ1v) is 6.82. The van der Waals surface area contributed by atoms with Crippen molar-refractivity contribution in [2.45, 2.75) is 26.7 Å². The summed E-state index contributed by atoms with van der Waals surface area (Å²) in [6, 6.07) is 8.42. The van der Waals surface area contributed by atoms with Gasteiger partial charge in [0.1, 0.15) is 11.7 Å². The number of rotatable bonds is 7. The number of carbonyl (C=O) groups is 2. The molecule has 5 nitrogen and oxygen atoms in total. The maximum absolute atomic E-state index is 11.8. The van der Waals surface area contributed by atoms with Crippen molar-refractivity contribution in [3.63, 3.8) is 0 Å². The first-order valence-electron chi connectivity index (χ1n) is 6.82. The quantitative estimate of drug-likeness (QED) is 0.569. The zero-order valence-corrected chi connectivity index (χ0v) is 12.5. The molecule has 0 aliphatic heterocycles. The lowest BCUT2D eigenvalue weighted by Crippen LogP contribution is -2.23. The third-order valence-corrected chi connectivity index (χ3v) is 2.66. The first kappa shape index (κ1) is 16.7. The van der Waals surface area contributed by atoms with Crippen molar-refractivity contribution in [2.75, 3.05) is 13.2 Å². The van der Waals surface area contributed by atoms with Gasteiger partial charge >= 0.3 is 5.97 Å². The fraction of sp³-hybridized carbons (Fsp3) is 0.438. The van der Waals surface area contributed by atoms with Crippen molar-refractivity contribution in [1.29, 1.82) is 5.26 Å². The van der Waals surface area contributed by atoms with E-state index in [1.807, 2.05) is 19.9 Å². The predicted molar refractivity (Wildman–Crippen MR) is 76.8 cm³/mol. The van der Waals surface area contributed by atoms with Crippen molar-refractivity contribution in [1.82, 2.24) is 0 Å². The van der Waals surface area contributed by atoms with Gasteiger partial charge in [-0.25, -0.2) is 4.79 Å². The van der Waals surface area contributed by atoms with Gasteiger partial charge in [-0.1, -0.05) is 26.0 Å². The maximum Gasteiger partial charge on any atom is 0.376 e. The second-order valence-electron chi connectivity index (χ2n) is 4.92. The Kier molecular flexibility index (Phi) is 6.41. The highest BCUT2D eigenvalue weighted by atomic mass is 16.5. The Labute approximate surface area is 124 Å². The normalized spacial score (nSPS) is 11.6. The average Bonchev–Trinajstić information content (AvgIpc) is 2.47. The molecule has 112 valence electrons. The number of benzene rings is 1. The lowest BCUT2D eigenvalue weighted by Gasteiger charge is -2.11. The summed E-state index contributed by atoms with van der Waals surface area (Å²) in [5.74, 6) is -1.92. The van der Waals surface area contributed by atoms with E-state index in [-0.39, 0.29) is 6.61 Å². The van der Waals surface area contributed by atoms with Crippen molar-refractivity contribution in [2.24, 2.45) is 5.92 Å². The summed E-state index contributed by atoms with van der Waals surface area (Å²) < 4.78 is 10.2. The molecule has 0 fully saturated rings. The molecule has 0 spiro atoms. The first-order chi connectivity index (χ1) is 9.99. The van der Waals surface area contributed by atoms with Crippen LogP contribution in [-0.2, 0) is 14.3 Å². The topological polar surface area (TPSA) is 76.4 Å². The molecule has 0 unspecified atom stereocenters. The summed E-state index contributed by atoms with van der Waals surface area (Å²) in [4.78, 5) is 23.2. The number of Topliss-reactive ketones (excluding diaryl/α,β-unsaturated/α-hetero) is 1. The minimum atomic E-state index is -1.15. The molecule has 21 heavy (non-hydrogen) atoms. The zero-order chi connectivity index (χ0) is 15.8. The monoisotopic (exact) mass is 289 g/mol. The Hall–Kier alpha value is -2.35. The van der Waals surface area contributed by atoms with Crippen molar-refractivity contribution >= 4 is 11.8 Å². The second kappa shape index (κ2) is 8.05. The van der Waals surface area contributed by atoms with E-state index < -0.39 is 17.7 Å². The van der Waals surface area contributed by atoms with Gasteiger partial charge in [0.2, 0.25) is 0 Å². The Morgan fingerprint density at radius 2 is 1.86 bits per heavy atom. The van der Waals surface area contributed by atoms with Crippen LogP contribution < -0.4 is 4.74 Å². The molecule has 1 atom stereocenters. The van der Waals surface area contributed by atoms with E-state index >= 15 is 0 Å². The highest BCUT2D eigenvalue weighted by molar-refractivity contribution is 6.36. The van der Waals surface area contributed by atoms with Crippen LogP contribution in [0.2, 0.25) is 0 Å². The number of ether oxygens (including phenoxy) is 2. The van der Waals surface area contributed by atoms with Crippen LogP contribution >= 0.6 is 0 Å². The number of carbonyl (C=O) groups excluding carboxylic acids is 2. The van der Waals surface area contributed by atoms with Crippen LogP contribution in [0.3, 0.4) is 0 Å². The van der Waals surface area contributed by atoms with Gasteiger partial charge in [-0.15, -0.1) is 0 Å². The molecule has 0 radical (unpaired) electrons. The molecular weight excluding hydrogens is 270 g/mol. The van der Waals surface area contributed by atoms with E-state index in [0.717, 1.165) is 0 Å². The molecule has 1 aromatic carbocycles. The molecule has 0 bridgehead atoms. The van der Waals surface area contributed by atoms with E-state index in [0.29, 0.717) is 23.8 Å². The lowest BCUT2D eigenvalue weighted by atomic mass is 9.96. The van der Waals surface area contributed by atoms with E-state index in [9.17, 15) is 9.59 Å². The number of hydrogen-bond acceptors (Lipinski definition) is 5. The third-order valence-electron chi connectivity index (χ3n) is 2.66. The Bertz CT molecular complexity index is 528. The van der Waals surface area contributed by atoms with Crippen LogP contribution in [0, 0.1) is 17.2 Å². The molecule has 0 saturated heterocycles. The molecule has 0 N–H and O–H groups in total. The summed E-state index contributed by atoms with van der Waals surface area (Å²) in [6.07, 6.45) is 0. The van der Waals surface area contributed by atoms with E-state index in [1.165, 1.54) is 0 Å². The smallest absolute Gasteiger partial charge is 0.376 e. The van der Waals surface area contributed by atoms with Crippen LogP contribution in [0.15, 0.2) is 24.3 Å². The van der Waals surface area contributed by atoms with Crippen LogP contribution in [0.25, 0.3) is 0 Å². The van der Waals surface area contributed by atoms with Crippen molar-refractivity contribution in [3.05, 3.63) is 29.8 Å². The van der Waals surface area contributed by atoms with Gasteiger partial charge in [0.15, 0.2) is 0 Å². The minimum absolute atomic E-state index is 0.102. The van der Waals surface area contributed by atoms with Crippen LogP contribution in [0.5, 0.6) is 5.75 Å². The highest BCUT2D eigenvalue weighted by Gasteiger charge is 2.27. The number of ketones is 1. The molecule has 0 amide bonds. The minimum Gasteiger partial charge on any atom is -0.493 e. The third kappa shape index (κ3) is 4.92. The fourth-order valence-corrected chi connectivity index (χ4v) is 1.62. The van der Waals surface area contributed by atoms with Gasteiger partial charge in [-0.3, -0.25) is 4.79 Å². The van der Waals surface area contributed by atoms with Gasteiger partial charge in [0.05, 0.1) is 19.3 Å². The van der Waals surface area contributed by atoms with Crippen molar-refractivity contribution < 1.29 is 19.1 Å². The van der Waals surface area contributed by atoms with E-state index in [2.05, 4.69) is 4.74 Å². The van der Waals surface area contributed by atoms with Gasteiger partial charge < -0.3 is 9.47 Å². The number of nitriles is 1. The summed E-state index contributed by atoms with van der Waals surface area (Å²) in [5, 5.41) is 9.10. The van der Waals surface area contributed by atoms with Crippen LogP contribution in [0.1, 0.15) is 32.3 Å². The van der Waals surface area contributed by atoms with Gasteiger partial charge in [0.25, 0.3) is 5.78 Å². The number of esters is 1. The van der Waals surface area contributed by atoms with Gasteiger partial charge in [-0.05, 0) is 30.5 Å². The number of hydrogen-bond donors (Lipinski definition) is 0. The lowest BCUT2D eigenvalue weighted by molar-refractivity contribution is -0.153. The average molecular weight is 289 g/mol.